The molecule has 0 saturated carbocycles. The fourth-order valence-electron chi connectivity index (χ4n) is 1.98. The third-order valence-electron chi connectivity index (χ3n) is 2.77. The van der Waals surface area contributed by atoms with Gasteiger partial charge in [-0.2, -0.15) is 0 Å². The Hall–Kier alpha value is -1.54. The number of hydrogen-bond donors (Lipinski definition) is 1. The minimum atomic E-state index is -0.596. The maximum absolute atomic E-state index is 10.2. The molecule has 0 aliphatic heterocycles. The van der Waals surface area contributed by atoms with Gasteiger partial charge in [0.15, 0.2) is 0 Å². The van der Waals surface area contributed by atoms with Gasteiger partial charge in [0.2, 0.25) is 0 Å². The van der Waals surface area contributed by atoms with Gasteiger partial charge in [-0.15, -0.1) is 0 Å². The summed E-state index contributed by atoms with van der Waals surface area (Å²) < 4.78 is 4.99. The molecule has 0 amide bonds. The van der Waals surface area contributed by atoms with Crippen molar-refractivity contribution in [3.05, 3.63) is 59.5 Å². The normalized spacial score (nSPS) is 12.9. The summed E-state index contributed by atoms with van der Waals surface area (Å²) in [6, 6.07) is 9.90. The summed E-state index contributed by atoms with van der Waals surface area (Å²) in [5.41, 5.74) is 2.98. The van der Waals surface area contributed by atoms with Gasteiger partial charge in [-0.25, -0.2) is 0 Å². The molecule has 2 heteroatoms. The van der Waals surface area contributed by atoms with Gasteiger partial charge in [-0.3, -0.25) is 0 Å². The maximum atomic E-state index is 10.2. The molecule has 0 radical (unpaired) electrons. The van der Waals surface area contributed by atoms with E-state index in [1.807, 2.05) is 12.1 Å². The van der Waals surface area contributed by atoms with Crippen LogP contribution in [0.1, 0.15) is 36.6 Å². The van der Waals surface area contributed by atoms with Crippen LogP contribution in [0.25, 0.3) is 0 Å². The molecular weight excluding hydrogens is 212 g/mol. The van der Waals surface area contributed by atoms with Gasteiger partial charge in [0.25, 0.3) is 0 Å². The fraction of sp³-hybridized carbons (Fsp3) is 0.333. The Bertz CT molecular complexity index is 458. The van der Waals surface area contributed by atoms with Gasteiger partial charge >= 0.3 is 0 Å². The number of benzene rings is 1. The summed E-state index contributed by atoms with van der Waals surface area (Å²) in [6.45, 7) is 4.39. The van der Waals surface area contributed by atoms with Crippen LogP contribution in [-0.2, 0) is 6.42 Å². The van der Waals surface area contributed by atoms with Crippen LogP contribution in [0.3, 0.4) is 0 Å². The van der Waals surface area contributed by atoms with Gasteiger partial charge in [-0.1, -0.05) is 38.1 Å². The molecule has 0 saturated heterocycles. The minimum Gasteiger partial charge on any atom is -0.472 e. The molecule has 1 atom stereocenters. The topological polar surface area (TPSA) is 33.4 Å². The van der Waals surface area contributed by atoms with Crippen molar-refractivity contribution in [1.82, 2.24) is 0 Å². The molecule has 0 aliphatic carbocycles. The molecule has 17 heavy (non-hydrogen) atoms. The summed E-state index contributed by atoms with van der Waals surface area (Å²) in [4.78, 5) is 0. The molecule has 1 aromatic carbocycles. The van der Waals surface area contributed by atoms with Crippen LogP contribution < -0.4 is 0 Å². The molecule has 0 fully saturated rings. The second-order valence-electron chi connectivity index (χ2n) is 4.80. The second-order valence-corrected chi connectivity index (χ2v) is 4.80. The highest BCUT2D eigenvalue weighted by molar-refractivity contribution is 5.31. The van der Waals surface area contributed by atoms with E-state index in [0.29, 0.717) is 5.92 Å². The highest BCUT2D eigenvalue weighted by atomic mass is 16.3. The predicted molar refractivity (Wildman–Crippen MR) is 67.8 cm³/mol. The summed E-state index contributed by atoms with van der Waals surface area (Å²) in [5.74, 6) is 0.622. The van der Waals surface area contributed by atoms with Crippen LogP contribution in [-0.4, -0.2) is 5.11 Å². The lowest BCUT2D eigenvalue weighted by Crippen LogP contribution is -2.00. The lowest BCUT2D eigenvalue weighted by Gasteiger charge is -2.11. The molecular formula is C15H18O2. The number of aliphatic hydroxyl groups is 1. The second kappa shape index (κ2) is 5.19. The van der Waals surface area contributed by atoms with E-state index in [1.165, 1.54) is 5.56 Å². The van der Waals surface area contributed by atoms with Crippen molar-refractivity contribution in [2.75, 3.05) is 0 Å². The molecule has 0 spiro atoms. The Balaban J connectivity index is 2.21. The van der Waals surface area contributed by atoms with Gasteiger partial charge in [-0.05, 0) is 29.5 Å². The molecule has 0 aliphatic rings. The van der Waals surface area contributed by atoms with E-state index >= 15 is 0 Å². The number of hydrogen-bond acceptors (Lipinski definition) is 2. The smallest absolute Gasteiger partial charge is 0.107 e. The Morgan fingerprint density at radius 2 is 2.00 bits per heavy atom. The van der Waals surface area contributed by atoms with E-state index in [2.05, 4.69) is 26.0 Å². The third-order valence-corrected chi connectivity index (χ3v) is 2.77. The quantitative estimate of drug-likeness (QED) is 0.871. The van der Waals surface area contributed by atoms with E-state index in [-0.39, 0.29) is 0 Å². The molecule has 1 N–H and O–H groups in total. The summed E-state index contributed by atoms with van der Waals surface area (Å²) >= 11 is 0. The average molecular weight is 230 g/mol. The standard InChI is InChI=1S/C15H18O2/c1-11(2)8-12-4-3-5-13(9-12)15(16)14-6-7-17-10-14/h3-7,9-11,15-16H,8H2,1-2H3. The highest BCUT2D eigenvalue weighted by Gasteiger charge is 2.12. The van der Waals surface area contributed by atoms with Crippen LogP contribution in [0, 0.1) is 5.92 Å². The lowest BCUT2D eigenvalue weighted by molar-refractivity contribution is 0.219. The van der Waals surface area contributed by atoms with Gasteiger partial charge in [0.1, 0.15) is 6.10 Å². The maximum Gasteiger partial charge on any atom is 0.107 e. The van der Waals surface area contributed by atoms with Gasteiger partial charge < -0.3 is 9.52 Å². The van der Waals surface area contributed by atoms with Crippen LogP contribution >= 0.6 is 0 Å². The number of furan rings is 1. The molecule has 1 aromatic heterocycles. The van der Waals surface area contributed by atoms with E-state index in [9.17, 15) is 5.11 Å². The van der Waals surface area contributed by atoms with Crippen molar-refractivity contribution < 1.29 is 9.52 Å². The van der Waals surface area contributed by atoms with Crippen molar-refractivity contribution >= 4 is 0 Å². The molecule has 1 unspecified atom stereocenters. The minimum absolute atomic E-state index is 0.596. The zero-order valence-corrected chi connectivity index (χ0v) is 10.3. The molecule has 2 nitrogen and oxygen atoms in total. The van der Waals surface area contributed by atoms with Crippen molar-refractivity contribution in [3.8, 4) is 0 Å². The Morgan fingerprint density at radius 1 is 1.18 bits per heavy atom. The average Bonchev–Trinajstić information content (AvgIpc) is 2.81. The Labute approximate surface area is 102 Å². The molecule has 90 valence electrons. The molecule has 1 heterocycles. The van der Waals surface area contributed by atoms with Crippen LogP contribution in [0.2, 0.25) is 0 Å². The van der Waals surface area contributed by atoms with Crippen LogP contribution in [0.4, 0.5) is 0 Å². The number of rotatable bonds is 4. The zero-order chi connectivity index (χ0) is 12.3. The van der Waals surface area contributed by atoms with E-state index < -0.39 is 6.10 Å². The predicted octanol–water partition coefficient (Wildman–Crippen LogP) is 3.56. The fourth-order valence-corrected chi connectivity index (χ4v) is 1.98. The van der Waals surface area contributed by atoms with Gasteiger partial charge in [0, 0.05) is 5.56 Å². The van der Waals surface area contributed by atoms with Crippen molar-refractivity contribution in [1.29, 1.82) is 0 Å². The summed E-state index contributed by atoms with van der Waals surface area (Å²) in [7, 11) is 0. The molecule has 2 rings (SSSR count). The molecule has 0 bridgehead atoms. The van der Waals surface area contributed by atoms with Gasteiger partial charge in [0.05, 0.1) is 12.5 Å². The Morgan fingerprint density at radius 3 is 2.65 bits per heavy atom. The highest BCUT2D eigenvalue weighted by Crippen LogP contribution is 2.23. The van der Waals surface area contributed by atoms with Crippen molar-refractivity contribution in [2.24, 2.45) is 5.92 Å². The summed E-state index contributed by atoms with van der Waals surface area (Å²) in [5, 5.41) is 10.2. The largest absolute Gasteiger partial charge is 0.472 e. The monoisotopic (exact) mass is 230 g/mol. The first-order valence-electron chi connectivity index (χ1n) is 5.96. The van der Waals surface area contributed by atoms with Crippen LogP contribution in [0.5, 0.6) is 0 Å². The first-order valence-corrected chi connectivity index (χ1v) is 5.96. The molecule has 2 aromatic rings. The van der Waals surface area contributed by atoms with E-state index in [4.69, 9.17) is 4.42 Å². The number of aliphatic hydroxyl groups excluding tert-OH is 1. The SMILES string of the molecule is CC(C)Cc1cccc(C(O)c2ccoc2)c1. The Kier molecular flexibility index (Phi) is 3.64. The third kappa shape index (κ3) is 2.98. The van der Waals surface area contributed by atoms with Crippen molar-refractivity contribution in [2.45, 2.75) is 26.4 Å². The lowest BCUT2D eigenvalue weighted by atomic mass is 9.97. The van der Waals surface area contributed by atoms with Crippen LogP contribution in [0.15, 0.2) is 47.3 Å². The summed E-state index contributed by atoms with van der Waals surface area (Å²) in [6.07, 6.45) is 3.60. The van der Waals surface area contributed by atoms with E-state index in [1.54, 1.807) is 18.6 Å². The van der Waals surface area contributed by atoms with E-state index in [0.717, 1.165) is 17.5 Å². The zero-order valence-electron chi connectivity index (χ0n) is 10.3. The van der Waals surface area contributed by atoms with Crippen molar-refractivity contribution in [3.63, 3.8) is 0 Å². The first kappa shape index (κ1) is 11.9. The first-order chi connectivity index (χ1) is 8.16.